The van der Waals surface area contributed by atoms with Crippen molar-refractivity contribution in [3.63, 3.8) is 0 Å². The van der Waals surface area contributed by atoms with E-state index in [1.807, 2.05) is 27.7 Å². The average Bonchev–Trinajstić information content (AvgIpc) is 1.86. The predicted molar refractivity (Wildman–Crippen MR) is 53.3 cm³/mol. The zero-order chi connectivity index (χ0) is 10.2. The van der Waals surface area contributed by atoms with E-state index in [9.17, 15) is 4.79 Å². The van der Waals surface area contributed by atoms with Crippen LogP contribution in [0.1, 0.15) is 29.1 Å². The molecule has 0 aromatic heterocycles. The smallest absolute Gasteiger partial charge is 0.407 e. The Morgan fingerprint density at radius 2 is 1.92 bits per heavy atom. The molecule has 0 aromatic rings. The van der Waals surface area contributed by atoms with Crippen LogP contribution in [0.15, 0.2) is 12.7 Å². The Labute approximate surface area is 76.3 Å². The van der Waals surface area contributed by atoms with Crippen LogP contribution in [-0.2, 0) is 4.74 Å². The molecule has 0 radical (unpaired) electrons. The molecule has 3 heteroatoms. The summed E-state index contributed by atoms with van der Waals surface area (Å²) >= 11 is 0. The summed E-state index contributed by atoms with van der Waals surface area (Å²) in [5, 5.41) is 2.36. The topological polar surface area (TPSA) is 38.3 Å². The highest BCUT2D eigenvalue weighted by atomic mass is 16.6. The van der Waals surface area contributed by atoms with Crippen LogP contribution in [0.3, 0.4) is 0 Å². The first-order valence-electron chi connectivity index (χ1n) is 3.85. The lowest BCUT2D eigenvalue weighted by Crippen LogP contribution is -2.30. The number of rotatable bonds is 0. The van der Waals surface area contributed by atoms with E-state index in [4.69, 9.17) is 4.74 Å². The Morgan fingerprint density at radius 3 is 2.00 bits per heavy atom. The van der Waals surface area contributed by atoms with Crippen molar-refractivity contribution >= 4 is 6.09 Å². The predicted octanol–water partition coefficient (Wildman–Crippen LogP) is 2.58. The lowest BCUT2D eigenvalue weighted by Gasteiger charge is -2.18. The molecule has 0 rings (SSSR count). The van der Waals surface area contributed by atoms with Gasteiger partial charge in [-0.25, -0.2) is 4.79 Å². The van der Waals surface area contributed by atoms with Crippen molar-refractivity contribution < 1.29 is 11.0 Å². The summed E-state index contributed by atoms with van der Waals surface area (Å²) in [4.78, 5) is 10.5. The fourth-order valence-electron chi connectivity index (χ4n) is 0.329. The maximum atomic E-state index is 10.5. The first-order chi connectivity index (χ1) is 5.37. The van der Waals surface area contributed by atoms with Gasteiger partial charge >= 0.3 is 6.09 Å². The van der Waals surface area contributed by atoms with Crippen LogP contribution in [-0.4, -0.2) is 18.7 Å². The zero-order valence-electron chi connectivity index (χ0n) is 8.60. The lowest BCUT2D eigenvalue weighted by atomic mass is 10.2. The van der Waals surface area contributed by atoms with Gasteiger partial charge in [-0.2, -0.15) is 0 Å². The third-order valence-electron chi connectivity index (χ3n) is 0.603. The average molecular weight is 175 g/mol. The van der Waals surface area contributed by atoms with Gasteiger partial charge in [-0.1, -0.05) is 6.08 Å². The molecule has 0 aliphatic heterocycles. The Balaban J connectivity index is -0.000000220. The lowest BCUT2D eigenvalue weighted by molar-refractivity contribution is 0.0541. The number of carbonyl (C=O) groups is 1. The van der Waals surface area contributed by atoms with Gasteiger partial charge in [0, 0.05) is 8.47 Å². The summed E-state index contributed by atoms with van der Waals surface area (Å²) in [5.74, 6) is 0. The minimum atomic E-state index is -0.389. The minimum Gasteiger partial charge on any atom is -0.444 e. The second kappa shape index (κ2) is 6.70. The van der Waals surface area contributed by atoms with E-state index in [0.717, 1.165) is 0 Å². The Bertz CT molecular complexity index is 141. The Morgan fingerprint density at radius 1 is 1.58 bits per heavy atom. The normalized spacial score (nSPS) is 9.08. The van der Waals surface area contributed by atoms with Crippen LogP contribution in [0.2, 0.25) is 0 Å². The van der Waals surface area contributed by atoms with Crippen LogP contribution >= 0.6 is 0 Å². The summed E-state index contributed by atoms with van der Waals surface area (Å²) in [6, 6.07) is 0. The molecule has 0 saturated heterocycles. The molecule has 12 heavy (non-hydrogen) atoms. The summed E-state index contributed by atoms with van der Waals surface area (Å²) in [7, 11) is 1.54. The SMILES string of the molecule is C=CC.CNC(=O)OC(C)(C)C.[HH]. The molecular weight excluding hydrogens is 154 g/mol. The van der Waals surface area contributed by atoms with Gasteiger partial charge in [0.2, 0.25) is 0 Å². The monoisotopic (exact) mass is 175 g/mol. The first kappa shape index (κ1) is 13.6. The van der Waals surface area contributed by atoms with Crippen LogP contribution in [0.5, 0.6) is 0 Å². The summed E-state index contributed by atoms with van der Waals surface area (Å²) in [5.41, 5.74) is -0.389. The van der Waals surface area contributed by atoms with Gasteiger partial charge in [0.15, 0.2) is 0 Å². The third kappa shape index (κ3) is 16.0. The molecule has 0 aliphatic rings. The first-order valence-corrected chi connectivity index (χ1v) is 3.85. The number of hydrogen-bond donors (Lipinski definition) is 1. The van der Waals surface area contributed by atoms with Gasteiger partial charge in [-0.3, -0.25) is 0 Å². The number of nitrogens with one attached hydrogen (secondary N) is 1. The van der Waals surface area contributed by atoms with Crippen LogP contribution < -0.4 is 5.32 Å². The molecule has 1 N–H and O–H groups in total. The van der Waals surface area contributed by atoms with Gasteiger partial charge in [-0.05, 0) is 27.7 Å². The van der Waals surface area contributed by atoms with E-state index in [1.54, 1.807) is 6.08 Å². The number of allylic oxidation sites excluding steroid dienone is 1. The molecule has 0 unspecified atom stereocenters. The largest absolute Gasteiger partial charge is 0.444 e. The zero-order valence-corrected chi connectivity index (χ0v) is 8.60. The van der Waals surface area contributed by atoms with E-state index in [1.165, 1.54) is 7.05 Å². The highest BCUT2D eigenvalue weighted by molar-refractivity contribution is 5.67. The van der Waals surface area contributed by atoms with Crippen LogP contribution in [0, 0.1) is 0 Å². The van der Waals surface area contributed by atoms with Crippen molar-refractivity contribution in [3.05, 3.63) is 12.7 Å². The van der Waals surface area contributed by atoms with E-state index in [2.05, 4.69) is 11.9 Å². The number of ether oxygens (including phenoxy) is 1. The Hall–Kier alpha value is -0.990. The van der Waals surface area contributed by atoms with Crippen molar-refractivity contribution in [1.29, 1.82) is 0 Å². The molecule has 0 fully saturated rings. The van der Waals surface area contributed by atoms with Crippen molar-refractivity contribution in [3.8, 4) is 0 Å². The molecule has 1 amide bonds. The molecule has 0 heterocycles. The Kier molecular flexibility index (Phi) is 7.59. The van der Waals surface area contributed by atoms with E-state index < -0.39 is 0 Å². The van der Waals surface area contributed by atoms with Gasteiger partial charge in [-0.15, -0.1) is 6.58 Å². The standard InChI is InChI=1S/C6H13NO2.C3H6.H2/c1-6(2,3)9-5(8)7-4;1-3-2;/h1-4H3,(H,7,8);3H,1H2,2H3;1H. The molecule has 0 aromatic carbocycles. The highest BCUT2D eigenvalue weighted by Crippen LogP contribution is 2.05. The quantitative estimate of drug-likeness (QED) is 0.575. The van der Waals surface area contributed by atoms with Gasteiger partial charge in [0.05, 0.1) is 0 Å². The van der Waals surface area contributed by atoms with E-state index in [-0.39, 0.29) is 13.1 Å². The molecule has 74 valence electrons. The van der Waals surface area contributed by atoms with Crippen molar-refractivity contribution in [2.45, 2.75) is 33.3 Å². The molecule has 0 spiro atoms. The second-order valence-corrected chi connectivity index (χ2v) is 3.16. The van der Waals surface area contributed by atoms with Crippen molar-refractivity contribution in [1.82, 2.24) is 5.32 Å². The molecule has 3 nitrogen and oxygen atoms in total. The fraction of sp³-hybridized carbons (Fsp3) is 0.667. The molecule has 0 atom stereocenters. The molecule has 0 saturated carbocycles. The number of amides is 1. The summed E-state index contributed by atoms with van der Waals surface area (Å²) in [6.45, 7) is 10.7. The molecule has 0 bridgehead atoms. The van der Waals surface area contributed by atoms with Crippen molar-refractivity contribution in [2.24, 2.45) is 0 Å². The highest BCUT2D eigenvalue weighted by Gasteiger charge is 2.13. The summed E-state index contributed by atoms with van der Waals surface area (Å²) in [6.07, 6.45) is 1.36. The third-order valence-corrected chi connectivity index (χ3v) is 0.603. The number of hydrogen-bond acceptors (Lipinski definition) is 2. The van der Waals surface area contributed by atoms with Crippen LogP contribution in [0.25, 0.3) is 0 Å². The van der Waals surface area contributed by atoms with Crippen LogP contribution in [0.4, 0.5) is 4.79 Å². The maximum Gasteiger partial charge on any atom is 0.407 e. The van der Waals surface area contributed by atoms with Crippen molar-refractivity contribution in [2.75, 3.05) is 7.05 Å². The van der Waals surface area contributed by atoms with Gasteiger partial charge in [0.1, 0.15) is 5.60 Å². The fourth-order valence-corrected chi connectivity index (χ4v) is 0.329. The van der Waals surface area contributed by atoms with E-state index in [0.29, 0.717) is 0 Å². The number of alkyl carbamates (subject to hydrolysis) is 1. The van der Waals surface area contributed by atoms with E-state index >= 15 is 0 Å². The summed E-state index contributed by atoms with van der Waals surface area (Å²) < 4.78 is 4.84. The second-order valence-electron chi connectivity index (χ2n) is 3.16. The minimum absolute atomic E-state index is 0. The number of carbonyl (C=O) groups excluding carboxylic acids is 1. The van der Waals surface area contributed by atoms with Gasteiger partial charge < -0.3 is 10.1 Å². The molecule has 0 aliphatic carbocycles. The molecular formula is C9H21NO2. The van der Waals surface area contributed by atoms with Gasteiger partial charge in [0.25, 0.3) is 0 Å². The maximum absolute atomic E-state index is 10.5.